The van der Waals surface area contributed by atoms with E-state index in [1.54, 1.807) is 28.6 Å². The number of carbonyl (C=O) groups excluding carboxylic acids is 1. The first-order valence-corrected chi connectivity index (χ1v) is 11.4. The molecule has 7 heteroatoms. The molecule has 1 heterocycles. The molecule has 1 aromatic carbocycles. The number of hydrogen-bond donors (Lipinski definition) is 1. The lowest BCUT2D eigenvalue weighted by Crippen LogP contribution is -2.47. The van der Waals surface area contributed by atoms with E-state index >= 15 is 0 Å². The average molecular weight is 395 g/mol. The maximum absolute atomic E-state index is 13.0. The molecule has 1 aliphatic carbocycles. The highest BCUT2D eigenvalue weighted by Gasteiger charge is 2.35. The van der Waals surface area contributed by atoms with Crippen LogP contribution in [-0.2, 0) is 19.6 Å². The second-order valence-electron chi connectivity index (χ2n) is 7.75. The lowest BCUT2D eigenvalue weighted by Gasteiger charge is -2.37. The van der Waals surface area contributed by atoms with E-state index in [1.807, 2.05) is 13.8 Å². The Hall–Kier alpha value is -1.44. The quantitative estimate of drug-likeness (QED) is 0.801. The third-order valence-electron chi connectivity index (χ3n) is 5.58. The van der Waals surface area contributed by atoms with Gasteiger partial charge in [0.1, 0.15) is 6.61 Å². The molecular weight excluding hydrogens is 364 g/mol. The summed E-state index contributed by atoms with van der Waals surface area (Å²) in [5, 5.41) is 2.77. The maximum atomic E-state index is 13.0. The molecule has 2 aliphatic rings. The number of nitrogens with zero attached hydrogens (tertiary/aromatic N) is 1. The number of ether oxygens (including phenoxy) is 1. The first-order valence-electron chi connectivity index (χ1n) is 9.93. The predicted octanol–water partition coefficient (Wildman–Crippen LogP) is 3.54. The van der Waals surface area contributed by atoms with Crippen LogP contribution in [-0.4, -0.2) is 43.4 Å². The van der Waals surface area contributed by atoms with Gasteiger partial charge in [0, 0.05) is 17.8 Å². The molecule has 1 aliphatic heterocycles. The van der Waals surface area contributed by atoms with E-state index in [-0.39, 0.29) is 35.6 Å². The summed E-state index contributed by atoms with van der Waals surface area (Å²) in [6.07, 6.45) is 7.39. The van der Waals surface area contributed by atoms with Crippen molar-refractivity contribution in [2.24, 2.45) is 0 Å². The fourth-order valence-corrected chi connectivity index (χ4v) is 6.03. The van der Waals surface area contributed by atoms with Crippen LogP contribution in [0.15, 0.2) is 29.2 Å². The van der Waals surface area contributed by atoms with Gasteiger partial charge in [-0.05, 0) is 63.8 Å². The zero-order valence-corrected chi connectivity index (χ0v) is 17.0. The van der Waals surface area contributed by atoms with Gasteiger partial charge in [0.25, 0.3) is 0 Å². The van der Waals surface area contributed by atoms with Gasteiger partial charge in [-0.1, -0.05) is 19.3 Å². The van der Waals surface area contributed by atoms with E-state index in [1.165, 1.54) is 0 Å². The highest BCUT2D eigenvalue weighted by molar-refractivity contribution is 7.89. The van der Waals surface area contributed by atoms with Crippen LogP contribution >= 0.6 is 0 Å². The Bertz CT molecular complexity index is 732. The van der Waals surface area contributed by atoms with E-state index in [0.717, 1.165) is 44.9 Å². The van der Waals surface area contributed by atoms with Crippen LogP contribution in [0.4, 0.5) is 5.69 Å². The molecule has 2 unspecified atom stereocenters. The number of piperidine rings is 1. The minimum atomic E-state index is -3.53. The molecule has 1 N–H and O–H groups in total. The third-order valence-corrected chi connectivity index (χ3v) is 7.72. The van der Waals surface area contributed by atoms with Crippen molar-refractivity contribution in [2.75, 3.05) is 11.9 Å². The molecule has 1 aromatic rings. The SMILES string of the molecule is CC1CCCC(C)N1S(=O)(=O)c1ccc(NC(=O)COC2CCCC2)cc1. The first-order chi connectivity index (χ1) is 12.9. The van der Waals surface area contributed by atoms with E-state index in [2.05, 4.69) is 5.32 Å². The van der Waals surface area contributed by atoms with E-state index in [9.17, 15) is 13.2 Å². The van der Waals surface area contributed by atoms with Crippen molar-refractivity contribution < 1.29 is 17.9 Å². The van der Waals surface area contributed by atoms with Crippen LogP contribution in [0.1, 0.15) is 58.8 Å². The van der Waals surface area contributed by atoms with Crippen LogP contribution in [0.2, 0.25) is 0 Å². The molecule has 1 saturated heterocycles. The van der Waals surface area contributed by atoms with Crippen molar-refractivity contribution in [3.05, 3.63) is 24.3 Å². The van der Waals surface area contributed by atoms with Crippen LogP contribution in [0.5, 0.6) is 0 Å². The zero-order chi connectivity index (χ0) is 19.4. The highest BCUT2D eigenvalue weighted by Crippen LogP contribution is 2.30. The van der Waals surface area contributed by atoms with Crippen molar-refractivity contribution in [3.8, 4) is 0 Å². The van der Waals surface area contributed by atoms with Crippen LogP contribution < -0.4 is 5.32 Å². The summed E-state index contributed by atoms with van der Waals surface area (Å²) in [7, 11) is -3.53. The molecular formula is C20H30N2O4S. The smallest absolute Gasteiger partial charge is 0.250 e. The van der Waals surface area contributed by atoms with Crippen molar-refractivity contribution in [1.82, 2.24) is 4.31 Å². The minimum absolute atomic E-state index is 0.00543. The molecule has 1 amide bonds. The molecule has 3 rings (SSSR count). The largest absolute Gasteiger partial charge is 0.368 e. The Morgan fingerprint density at radius 3 is 2.22 bits per heavy atom. The molecule has 0 radical (unpaired) electrons. The summed E-state index contributed by atoms with van der Waals surface area (Å²) in [4.78, 5) is 12.3. The number of anilines is 1. The number of amides is 1. The summed E-state index contributed by atoms with van der Waals surface area (Å²) < 4.78 is 33.2. The van der Waals surface area contributed by atoms with Gasteiger partial charge in [-0.2, -0.15) is 4.31 Å². The molecule has 150 valence electrons. The maximum Gasteiger partial charge on any atom is 0.250 e. The van der Waals surface area contributed by atoms with Gasteiger partial charge in [0.2, 0.25) is 15.9 Å². The van der Waals surface area contributed by atoms with E-state index in [4.69, 9.17) is 4.74 Å². The Balaban J connectivity index is 1.61. The standard InChI is InChI=1S/C20H30N2O4S/c1-15-6-5-7-16(2)22(15)27(24,25)19-12-10-17(11-13-19)21-20(23)14-26-18-8-3-4-9-18/h10-13,15-16,18H,3-9,14H2,1-2H3,(H,21,23). The lowest BCUT2D eigenvalue weighted by molar-refractivity contribution is -0.122. The van der Waals surface area contributed by atoms with Gasteiger partial charge in [-0.3, -0.25) is 4.79 Å². The summed E-state index contributed by atoms with van der Waals surface area (Å²) in [6.45, 7) is 3.96. The van der Waals surface area contributed by atoms with E-state index < -0.39 is 10.0 Å². The van der Waals surface area contributed by atoms with Crippen LogP contribution in [0.25, 0.3) is 0 Å². The minimum Gasteiger partial charge on any atom is -0.368 e. The predicted molar refractivity (Wildman–Crippen MR) is 105 cm³/mol. The van der Waals surface area contributed by atoms with Gasteiger partial charge in [-0.25, -0.2) is 8.42 Å². The molecule has 1 saturated carbocycles. The fourth-order valence-electron chi connectivity index (χ4n) is 4.15. The summed E-state index contributed by atoms with van der Waals surface area (Å²) in [5.41, 5.74) is 0.578. The van der Waals surface area contributed by atoms with Crippen LogP contribution in [0.3, 0.4) is 0 Å². The summed E-state index contributed by atoms with van der Waals surface area (Å²) in [6, 6.07) is 6.42. The number of carbonyl (C=O) groups is 1. The molecule has 6 nitrogen and oxygen atoms in total. The van der Waals surface area contributed by atoms with Gasteiger partial charge < -0.3 is 10.1 Å². The monoisotopic (exact) mass is 394 g/mol. The Kier molecular flexibility index (Phi) is 6.55. The van der Waals surface area contributed by atoms with Crippen molar-refractivity contribution in [2.45, 2.75) is 81.9 Å². The molecule has 27 heavy (non-hydrogen) atoms. The second kappa shape index (κ2) is 8.71. The average Bonchev–Trinajstić information content (AvgIpc) is 3.14. The van der Waals surface area contributed by atoms with Gasteiger partial charge in [0.05, 0.1) is 11.0 Å². The number of hydrogen-bond acceptors (Lipinski definition) is 4. The Morgan fingerprint density at radius 2 is 1.63 bits per heavy atom. The topological polar surface area (TPSA) is 75.7 Å². The Labute approximate surface area is 162 Å². The van der Waals surface area contributed by atoms with Gasteiger partial charge in [-0.15, -0.1) is 0 Å². The van der Waals surface area contributed by atoms with Gasteiger partial charge in [0.15, 0.2) is 0 Å². The molecule has 2 fully saturated rings. The third kappa shape index (κ3) is 4.89. The lowest BCUT2D eigenvalue weighted by atomic mass is 10.0. The van der Waals surface area contributed by atoms with Crippen LogP contribution in [0, 0.1) is 0 Å². The number of benzene rings is 1. The fraction of sp³-hybridized carbons (Fsp3) is 0.650. The number of sulfonamides is 1. The first kappa shape index (κ1) is 20.3. The molecule has 2 atom stereocenters. The van der Waals surface area contributed by atoms with Gasteiger partial charge >= 0.3 is 0 Å². The normalized spacial score (nSPS) is 24.8. The van der Waals surface area contributed by atoms with E-state index in [0.29, 0.717) is 5.69 Å². The van der Waals surface area contributed by atoms with Crippen molar-refractivity contribution in [1.29, 1.82) is 0 Å². The second-order valence-corrected chi connectivity index (χ2v) is 9.60. The van der Waals surface area contributed by atoms with Crippen molar-refractivity contribution in [3.63, 3.8) is 0 Å². The zero-order valence-electron chi connectivity index (χ0n) is 16.2. The Morgan fingerprint density at radius 1 is 1.04 bits per heavy atom. The number of nitrogens with one attached hydrogen (secondary N) is 1. The number of rotatable bonds is 6. The van der Waals surface area contributed by atoms with Crippen molar-refractivity contribution >= 4 is 21.6 Å². The molecule has 0 aromatic heterocycles. The highest BCUT2D eigenvalue weighted by atomic mass is 32.2. The molecule has 0 bridgehead atoms. The summed E-state index contributed by atoms with van der Waals surface area (Å²) >= 11 is 0. The molecule has 0 spiro atoms. The summed E-state index contributed by atoms with van der Waals surface area (Å²) in [5.74, 6) is -0.212.